The van der Waals surface area contributed by atoms with Crippen molar-refractivity contribution in [3.05, 3.63) is 48.0 Å². The molecule has 0 saturated carbocycles. The maximum absolute atomic E-state index is 12.5. The van der Waals surface area contributed by atoms with E-state index < -0.39 is 23.8 Å². The lowest BCUT2D eigenvalue weighted by Gasteiger charge is -2.23. The topological polar surface area (TPSA) is 74.7 Å². The van der Waals surface area contributed by atoms with E-state index in [-0.39, 0.29) is 11.8 Å². The lowest BCUT2D eigenvalue weighted by atomic mass is 9.85. The highest BCUT2D eigenvalue weighted by Crippen LogP contribution is 2.39. The Balaban J connectivity index is 1.99. The van der Waals surface area contributed by atoms with Gasteiger partial charge in [-0.15, -0.1) is 0 Å². The van der Waals surface area contributed by atoms with Gasteiger partial charge >= 0.3 is 5.97 Å². The zero-order chi connectivity index (χ0) is 15.0. The number of likely N-dealkylation sites (tertiary alicyclic amines) is 1. The number of amides is 2. The second-order valence-corrected chi connectivity index (χ2v) is 5.35. The molecule has 1 aromatic rings. The third-order valence-electron chi connectivity index (χ3n) is 4.15. The molecule has 1 N–H and O–H groups in total. The van der Waals surface area contributed by atoms with Crippen molar-refractivity contribution >= 4 is 17.8 Å². The van der Waals surface area contributed by atoms with Gasteiger partial charge in [-0.05, 0) is 18.4 Å². The minimum absolute atomic E-state index is 0.370. The number of nitrogens with zero attached hydrogens (tertiary/aromatic N) is 1. The molecule has 1 fully saturated rings. The zero-order valence-corrected chi connectivity index (χ0v) is 11.3. The molecule has 21 heavy (non-hydrogen) atoms. The molecular weight excluding hydrogens is 270 g/mol. The highest BCUT2D eigenvalue weighted by atomic mass is 16.4. The number of fused-ring (bicyclic) bond motifs is 1. The third-order valence-corrected chi connectivity index (χ3v) is 4.15. The average molecular weight is 285 g/mol. The van der Waals surface area contributed by atoms with Crippen LogP contribution < -0.4 is 0 Å². The van der Waals surface area contributed by atoms with Crippen molar-refractivity contribution in [3.8, 4) is 0 Å². The van der Waals surface area contributed by atoms with E-state index >= 15 is 0 Å². The van der Waals surface area contributed by atoms with Crippen molar-refractivity contribution in [1.82, 2.24) is 4.90 Å². The van der Waals surface area contributed by atoms with Crippen molar-refractivity contribution < 1.29 is 19.5 Å². The molecule has 2 aliphatic rings. The van der Waals surface area contributed by atoms with Crippen LogP contribution in [0.25, 0.3) is 0 Å². The van der Waals surface area contributed by atoms with Gasteiger partial charge in [-0.2, -0.15) is 0 Å². The smallest absolute Gasteiger partial charge is 0.331 e. The number of hydrogen-bond donors (Lipinski definition) is 1. The summed E-state index contributed by atoms with van der Waals surface area (Å²) in [5, 5.41) is 9.49. The molecule has 1 aromatic carbocycles. The van der Waals surface area contributed by atoms with Gasteiger partial charge in [0.25, 0.3) is 0 Å². The van der Waals surface area contributed by atoms with E-state index in [2.05, 4.69) is 0 Å². The van der Waals surface area contributed by atoms with Crippen molar-refractivity contribution in [2.75, 3.05) is 0 Å². The fraction of sp³-hybridized carbons (Fsp3) is 0.312. The number of rotatable bonds is 3. The molecular formula is C16H15NO4. The SMILES string of the molecule is O=C(O)C(c1ccccc1)N1C(=O)[C@H]2CC=CC[C@H]2C1=O. The minimum Gasteiger partial charge on any atom is -0.479 e. The fourth-order valence-electron chi connectivity index (χ4n) is 3.12. The standard InChI is InChI=1S/C16H15NO4/c18-14-11-8-4-5-9-12(11)15(19)17(14)13(16(20)21)10-6-2-1-3-7-10/h1-7,11-13H,8-9H2,(H,20,21)/t11-,12+,13?. The lowest BCUT2D eigenvalue weighted by molar-refractivity contribution is -0.155. The fourth-order valence-corrected chi connectivity index (χ4v) is 3.12. The van der Waals surface area contributed by atoms with Crippen LogP contribution in [0.1, 0.15) is 24.4 Å². The third kappa shape index (κ3) is 2.14. The number of imide groups is 1. The summed E-state index contributed by atoms with van der Waals surface area (Å²) in [6.07, 6.45) is 4.78. The first-order valence-corrected chi connectivity index (χ1v) is 6.91. The number of aliphatic carboxylic acids is 1. The van der Waals surface area contributed by atoms with Gasteiger partial charge in [0.2, 0.25) is 11.8 Å². The summed E-state index contributed by atoms with van der Waals surface area (Å²) in [5.74, 6) is -2.74. The van der Waals surface area contributed by atoms with Gasteiger partial charge in [0.1, 0.15) is 0 Å². The van der Waals surface area contributed by atoms with Crippen LogP contribution >= 0.6 is 0 Å². The summed E-state index contributed by atoms with van der Waals surface area (Å²) in [5.41, 5.74) is 0.443. The van der Waals surface area contributed by atoms with Gasteiger partial charge in [-0.25, -0.2) is 4.79 Å². The normalized spacial score (nSPS) is 25.8. The first-order chi connectivity index (χ1) is 10.1. The van der Waals surface area contributed by atoms with Gasteiger partial charge in [0.05, 0.1) is 11.8 Å². The second kappa shape index (κ2) is 5.16. The van der Waals surface area contributed by atoms with Gasteiger partial charge in [0, 0.05) is 0 Å². The number of carbonyl (C=O) groups is 3. The number of hydrogen-bond acceptors (Lipinski definition) is 3. The number of allylic oxidation sites excluding steroid dienone is 2. The molecule has 5 heteroatoms. The zero-order valence-electron chi connectivity index (χ0n) is 11.3. The van der Waals surface area contributed by atoms with Crippen molar-refractivity contribution in [3.63, 3.8) is 0 Å². The van der Waals surface area contributed by atoms with Crippen LogP contribution in [0.2, 0.25) is 0 Å². The Morgan fingerprint density at radius 3 is 2.05 bits per heavy atom. The summed E-state index contributed by atoms with van der Waals surface area (Å²) in [4.78, 5) is 37.5. The average Bonchev–Trinajstić information content (AvgIpc) is 2.74. The molecule has 3 rings (SSSR count). The van der Waals surface area contributed by atoms with Crippen molar-refractivity contribution in [2.45, 2.75) is 18.9 Å². The Bertz CT molecular complexity index is 596. The molecule has 3 atom stereocenters. The summed E-state index contributed by atoms with van der Waals surface area (Å²) >= 11 is 0. The van der Waals surface area contributed by atoms with Gasteiger partial charge in [-0.3, -0.25) is 14.5 Å². The lowest BCUT2D eigenvalue weighted by Crippen LogP contribution is -2.39. The second-order valence-electron chi connectivity index (χ2n) is 5.35. The molecule has 1 heterocycles. The Morgan fingerprint density at radius 1 is 1.05 bits per heavy atom. The summed E-state index contributed by atoms with van der Waals surface area (Å²) < 4.78 is 0. The van der Waals surface area contributed by atoms with Crippen LogP contribution in [0.4, 0.5) is 0 Å². The predicted molar refractivity (Wildman–Crippen MR) is 74.0 cm³/mol. The number of carboxylic acid groups (broad SMARTS) is 1. The maximum atomic E-state index is 12.5. The molecule has 1 saturated heterocycles. The Hall–Kier alpha value is -2.43. The van der Waals surface area contributed by atoms with Gasteiger partial charge in [0.15, 0.2) is 6.04 Å². The van der Waals surface area contributed by atoms with Crippen molar-refractivity contribution in [2.24, 2.45) is 11.8 Å². The molecule has 5 nitrogen and oxygen atoms in total. The quantitative estimate of drug-likeness (QED) is 0.678. The number of benzene rings is 1. The number of carboxylic acids is 1. The van der Waals surface area contributed by atoms with E-state index in [0.29, 0.717) is 18.4 Å². The largest absolute Gasteiger partial charge is 0.479 e. The van der Waals surface area contributed by atoms with Crippen LogP contribution in [0, 0.1) is 11.8 Å². The molecule has 2 amide bonds. The van der Waals surface area contributed by atoms with E-state index in [0.717, 1.165) is 4.90 Å². The van der Waals surface area contributed by atoms with Crippen LogP contribution in [0.3, 0.4) is 0 Å². The van der Waals surface area contributed by atoms with E-state index in [9.17, 15) is 19.5 Å². The highest BCUT2D eigenvalue weighted by Gasteiger charge is 2.51. The first-order valence-electron chi connectivity index (χ1n) is 6.91. The Morgan fingerprint density at radius 2 is 1.57 bits per heavy atom. The highest BCUT2D eigenvalue weighted by molar-refractivity contribution is 6.08. The molecule has 1 unspecified atom stereocenters. The van der Waals surface area contributed by atoms with E-state index in [1.54, 1.807) is 30.3 Å². The molecule has 0 spiro atoms. The van der Waals surface area contributed by atoms with Crippen LogP contribution in [0.15, 0.2) is 42.5 Å². The van der Waals surface area contributed by atoms with Crippen LogP contribution in [0.5, 0.6) is 0 Å². The van der Waals surface area contributed by atoms with Gasteiger partial charge in [-0.1, -0.05) is 42.5 Å². The maximum Gasteiger partial charge on any atom is 0.331 e. The molecule has 1 aliphatic heterocycles. The van der Waals surface area contributed by atoms with Crippen LogP contribution in [-0.2, 0) is 14.4 Å². The monoisotopic (exact) mass is 285 g/mol. The summed E-state index contributed by atoms with van der Waals surface area (Å²) in [6, 6.07) is 7.17. The van der Waals surface area contributed by atoms with Crippen molar-refractivity contribution in [1.29, 1.82) is 0 Å². The molecule has 0 bridgehead atoms. The summed E-state index contributed by atoms with van der Waals surface area (Å²) in [6.45, 7) is 0. The van der Waals surface area contributed by atoms with Gasteiger partial charge < -0.3 is 5.11 Å². The summed E-state index contributed by atoms with van der Waals surface area (Å²) in [7, 11) is 0. The predicted octanol–water partition coefficient (Wildman–Crippen LogP) is 1.76. The minimum atomic E-state index is -1.24. The molecule has 0 aromatic heterocycles. The van der Waals surface area contributed by atoms with Crippen LogP contribution in [-0.4, -0.2) is 27.8 Å². The van der Waals surface area contributed by atoms with E-state index in [1.165, 1.54) is 0 Å². The molecule has 108 valence electrons. The Kier molecular flexibility index (Phi) is 3.33. The molecule has 0 radical (unpaired) electrons. The first kappa shape index (κ1) is 13.5. The van der Waals surface area contributed by atoms with E-state index in [1.807, 2.05) is 12.2 Å². The Labute approximate surface area is 121 Å². The molecule has 1 aliphatic carbocycles. The number of carbonyl (C=O) groups excluding carboxylic acids is 2. The van der Waals surface area contributed by atoms with E-state index in [4.69, 9.17) is 0 Å².